The van der Waals surface area contributed by atoms with E-state index in [1.165, 1.54) is 7.11 Å². The summed E-state index contributed by atoms with van der Waals surface area (Å²) in [5.41, 5.74) is 5.05. The van der Waals surface area contributed by atoms with Crippen LogP contribution in [0.1, 0.15) is 74.4 Å². The molecule has 1 aliphatic rings. The Labute approximate surface area is 300 Å². The first kappa shape index (κ1) is 37.3. The number of aliphatic imine (C=N–C) groups is 1. The molecule has 5 rings (SSSR count). The highest BCUT2D eigenvalue weighted by Gasteiger charge is 2.32. The lowest BCUT2D eigenvalue weighted by molar-refractivity contribution is -0.122. The summed E-state index contributed by atoms with van der Waals surface area (Å²) in [7, 11) is 3.07. The third-order valence-corrected chi connectivity index (χ3v) is 9.28. The summed E-state index contributed by atoms with van der Waals surface area (Å²) in [5.74, 6) is 6.22. The van der Waals surface area contributed by atoms with E-state index in [4.69, 9.17) is 21.3 Å². The van der Waals surface area contributed by atoms with Crippen LogP contribution < -0.4 is 16.0 Å². The van der Waals surface area contributed by atoms with Gasteiger partial charge in [0.2, 0.25) is 11.8 Å². The highest BCUT2D eigenvalue weighted by molar-refractivity contribution is 7.15. The van der Waals surface area contributed by atoms with E-state index < -0.39 is 12.0 Å². The van der Waals surface area contributed by atoms with Crippen molar-refractivity contribution in [3.8, 4) is 16.8 Å². The fourth-order valence-corrected chi connectivity index (χ4v) is 6.66. The van der Waals surface area contributed by atoms with Crippen molar-refractivity contribution in [1.29, 1.82) is 0 Å². The summed E-state index contributed by atoms with van der Waals surface area (Å²) in [6.45, 7) is 6.79. The van der Waals surface area contributed by atoms with Crippen LogP contribution in [0.25, 0.3) is 5.00 Å². The van der Waals surface area contributed by atoms with E-state index >= 15 is 0 Å². The number of hydrogen-bond donors (Lipinski definition) is 3. The van der Waals surface area contributed by atoms with Crippen molar-refractivity contribution in [1.82, 2.24) is 25.4 Å². The number of esters is 1. The van der Waals surface area contributed by atoms with Gasteiger partial charge in [-0.2, -0.15) is 0 Å². The van der Waals surface area contributed by atoms with Gasteiger partial charge in [0.1, 0.15) is 16.9 Å². The average molecular weight is 723 g/mol. The Balaban J connectivity index is 0.00000541. The number of halogens is 2. The number of ether oxygens (including phenoxy) is 1. The number of carbonyl (C=O) groups excluding carboxylic acids is 3. The summed E-state index contributed by atoms with van der Waals surface area (Å²) in [6, 6.07) is 11.8. The molecular weight excluding hydrogens is 685 g/mol. The largest absolute Gasteiger partial charge is 0.465 e. The number of benzene rings is 2. The van der Waals surface area contributed by atoms with Crippen molar-refractivity contribution in [3.05, 3.63) is 91.8 Å². The minimum atomic E-state index is -0.585. The van der Waals surface area contributed by atoms with E-state index in [0.29, 0.717) is 53.0 Å². The number of methoxy groups -OCH3 is 1. The monoisotopic (exact) mass is 721 g/mol. The molecule has 0 fully saturated rings. The Hall–Kier alpha value is -4.54. The number of aryl methyl sites for hydroxylation is 2. The van der Waals surface area contributed by atoms with Crippen LogP contribution in [0.3, 0.4) is 0 Å². The highest BCUT2D eigenvalue weighted by Crippen LogP contribution is 2.39. The number of carbonyl (C=O) groups is 3. The lowest BCUT2D eigenvalue weighted by Crippen LogP contribution is -2.27. The Morgan fingerprint density at radius 2 is 1.82 bits per heavy atom. The van der Waals surface area contributed by atoms with Gasteiger partial charge in [-0.1, -0.05) is 35.6 Å². The van der Waals surface area contributed by atoms with E-state index in [0.717, 1.165) is 32.3 Å². The summed E-state index contributed by atoms with van der Waals surface area (Å²) in [6.07, 6.45) is 0.647. The molecule has 0 bridgehead atoms. The molecule has 1 atom stereocenters. The molecule has 256 valence electrons. The Kier molecular flexibility index (Phi) is 12.7. The maximum Gasteiger partial charge on any atom is 0.339 e. The van der Waals surface area contributed by atoms with Gasteiger partial charge in [-0.05, 0) is 70.1 Å². The van der Waals surface area contributed by atoms with Crippen molar-refractivity contribution >= 4 is 64.5 Å². The smallest absolute Gasteiger partial charge is 0.339 e. The van der Waals surface area contributed by atoms with E-state index in [-0.39, 0.29) is 37.1 Å². The molecule has 1 aliphatic heterocycles. The topological polar surface area (TPSA) is 140 Å². The van der Waals surface area contributed by atoms with Gasteiger partial charge in [0.25, 0.3) is 0 Å². The molecule has 0 radical (unpaired) electrons. The molecular formula is C35H37Cl2N7O4S. The van der Waals surface area contributed by atoms with E-state index in [9.17, 15) is 14.4 Å². The summed E-state index contributed by atoms with van der Waals surface area (Å²) in [4.78, 5) is 44.4. The number of rotatable bonds is 10. The second-order valence-corrected chi connectivity index (χ2v) is 12.8. The van der Waals surface area contributed by atoms with Crippen LogP contribution in [0.2, 0.25) is 5.02 Å². The van der Waals surface area contributed by atoms with Crippen LogP contribution >= 0.6 is 35.3 Å². The summed E-state index contributed by atoms with van der Waals surface area (Å²) in [5, 5.41) is 19.1. The minimum absolute atomic E-state index is 0. The van der Waals surface area contributed by atoms with Gasteiger partial charge in [0.05, 0.1) is 31.4 Å². The second-order valence-electron chi connectivity index (χ2n) is 11.2. The van der Waals surface area contributed by atoms with E-state index in [1.807, 2.05) is 35.8 Å². The predicted octanol–water partition coefficient (Wildman–Crippen LogP) is 5.50. The SMILES string of the molecule is CNCC#Cc1cc(NC(=O)CCCNC(=O)C[C@@H]2N=C(c3ccc(Cl)cc3)c3c(sc(C)c3C)-n3c(C)nnc32)ccc1C(=O)OC.Cl. The maximum atomic E-state index is 13.2. The summed E-state index contributed by atoms with van der Waals surface area (Å²) >= 11 is 7.85. The average Bonchev–Trinajstić information content (AvgIpc) is 3.55. The van der Waals surface area contributed by atoms with Crippen molar-refractivity contribution < 1.29 is 19.1 Å². The van der Waals surface area contributed by atoms with Crippen LogP contribution in [-0.2, 0) is 14.3 Å². The van der Waals surface area contributed by atoms with Gasteiger partial charge in [-0.25, -0.2) is 4.79 Å². The van der Waals surface area contributed by atoms with Crippen LogP contribution in [-0.4, -0.2) is 65.5 Å². The second kappa shape index (κ2) is 16.7. The lowest BCUT2D eigenvalue weighted by Gasteiger charge is -2.13. The molecule has 2 aromatic heterocycles. The first-order valence-corrected chi connectivity index (χ1v) is 16.6. The quantitative estimate of drug-likeness (QED) is 0.112. The normalized spacial score (nSPS) is 13.0. The molecule has 49 heavy (non-hydrogen) atoms. The maximum absolute atomic E-state index is 13.2. The number of nitrogens with zero attached hydrogens (tertiary/aromatic N) is 4. The zero-order valence-electron chi connectivity index (χ0n) is 27.8. The van der Waals surface area contributed by atoms with E-state index in [1.54, 1.807) is 36.6 Å². The van der Waals surface area contributed by atoms with Crippen LogP contribution in [0.4, 0.5) is 5.69 Å². The number of thiophene rings is 1. The fraction of sp³-hybridized carbons (Fsp3) is 0.314. The lowest BCUT2D eigenvalue weighted by atomic mass is 9.99. The highest BCUT2D eigenvalue weighted by atomic mass is 35.5. The molecule has 0 aliphatic carbocycles. The third-order valence-electron chi connectivity index (χ3n) is 7.84. The van der Waals surface area contributed by atoms with Crippen LogP contribution in [0.15, 0.2) is 47.5 Å². The molecule has 3 N–H and O–H groups in total. The number of hydrogen-bond acceptors (Lipinski definition) is 9. The Morgan fingerprint density at radius 1 is 1.06 bits per heavy atom. The molecule has 4 aromatic rings. The number of nitrogens with one attached hydrogen (secondary N) is 3. The number of aromatic nitrogens is 3. The predicted molar refractivity (Wildman–Crippen MR) is 195 cm³/mol. The molecule has 11 nitrogen and oxygen atoms in total. The van der Waals surface area contributed by atoms with Crippen molar-refractivity contribution in [2.45, 2.75) is 46.1 Å². The molecule has 0 saturated heterocycles. The number of anilines is 1. The van der Waals surface area contributed by atoms with Crippen molar-refractivity contribution in [3.63, 3.8) is 0 Å². The zero-order chi connectivity index (χ0) is 34.4. The number of amides is 2. The van der Waals surface area contributed by atoms with Gasteiger partial charge >= 0.3 is 5.97 Å². The number of fused-ring (bicyclic) bond motifs is 3. The van der Waals surface area contributed by atoms with Crippen LogP contribution in [0, 0.1) is 32.6 Å². The fourth-order valence-electron chi connectivity index (χ4n) is 5.32. The molecule has 0 saturated carbocycles. The van der Waals surface area contributed by atoms with Gasteiger partial charge in [-0.3, -0.25) is 19.1 Å². The molecule has 0 unspecified atom stereocenters. The van der Waals surface area contributed by atoms with Crippen LogP contribution in [0.5, 0.6) is 0 Å². The molecule has 0 spiro atoms. The van der Waals surface area contributed by atoms with Gasteiger partial charge in [0.15, 0.2) is 5.82 Å². The molecule has 2 amide bonds. The third kappa shape index (κ3) is 8.55. The Morgan fingerprint density at radius 3 is 2.53 bits per heavy atom. The Bertz CT molecular complexity index is 1960. The molecule has 2 aromatic carbocycles. The molecule has 14 heteroatoms. The van der Waals surface area contributed by atoms with Gasteiger partial charge in [-0.15, -0.1) is 33.9 Å². The van der Waals surface area contributed by atoms with Crippen molar-refractivity contribution in [2.75, 3.05) is 32.6 Å². The van der Waals surface area contributed by atoms with E-state index in [2.05, 4.69) is 51.8 Å². The summed E-state index contributed by atoms with van der Waals surface area (Å²) < 4.78 is 6.85. The molecule has 3 heterocycles. The minimum Gasteiger partial charge on any atom is -0.465 e. The van der Waals surface area contributed by atoms with Gasteiger partial charge in [0, 0.05) is 45.2 Å². The zero-order valence-corrected chi connectivity index (χ0v) is 30.2. The van der Waals surface area contributed by atoms with Crippen molar-refractivity contribution in [2.24, 2.45) is 4.99 Å². The first-order valence-electron chi connectivity index (χ1n) is 15.4. The standard InChI is InChI=1S/C35H36ClN7O4S.ClH/c1-20-21(2)48-34-31(20)32(23-10-12-25(36)13-11-23)40-28(33-42-41-22(3)43(33)34)19-30(45)38-17-7-9-29(44)39-26-14-15-27(35(46)47-5)24(18-26)8-6-16-37-4;/h10-15,18,28,37H,7,9,16-17,19H2,1-5H3,(H,38,45)(H,39,44);1H/t28-;/m0./s1. The first-order chi connectivity index (χ1) is 23.1. The van der Waals surface area contributed by atoms with Gasteiger partial charge < -0.3 is 20.7 Å².